The van der Waals surface area contributed by atoms with Crippen molar-refractivity contribution in [3.63, 3.8) is 0 Å². The molecule has 0 radical (unpaired) electrons. The number of fused-ring (bicyclic) bond motifs is 1. The predicted molar refractivity (Wildman–Crippen MR) is 79.2 cm³/mol. The number of benzene rings is 1. The Labute approximate surface area is 122 Å². The smallest absolute Gasteiger partial charge is 0.329 e. The van der Waals surface area contributed by atoms with Crippen molar-refractivity contribution in [2.75, 3.05) is 13.2 Å². The van der Waals surface area contributed by atoms with Gasteiger partial charge in [-0.2, -0.15) is 0 Å². The first-order valence-electron chi connectivity index (χ1n) is 7.18. The molecule has 0 aliphatic carbocycles. The van der Waals surface area contributed by atoms with E-state index in [1.54, 1.807) is 11.6 Å². The molecular formula is C15H19N3O3. The number of nitrogens with one attached hydrogen (secondary N) is 1. The maximum Gasteiger partial charge on any atom is 0.329 e. The number of carbonyl (C=O) groups excluding carboxylic acids is 1. The van der Waals surface area contributed by atoms with Crippen LogP contribution in [-0.2, 0) is 23.1 Å². The minimum absolute atomic E-state index is 0.0531. The molecule has 0 spiro atoms. The molecule has 3 rings (SSSR count). The molecule has 6 nitrogen and oxygen atoms in total. The summed E-state index contributed by atoms with van der Waals surface area (Å²) in [7, 11) is 1.72. The van der Waals surface area contributed by atoms with Crippen molar-refractivity contribution < 1.29 is 9.53 Å². The Morgan fingerprint density at radius 2 is 1.95 bits per heavy atom. The van der Waals surface area contributed by atoms with Gasteiger partial charge in [0.15, 0.2) is 0 Å². The Bertz CT molecular complexity index is 711. The van der Waals surface area contributed by atoms with E-state index in [-0.39, 0.29) is 24.2 Å². The number of aryl methyl sites for hydroxylation is 1. The Balaban J connectivity index is 1.80. The fourth-order valence-electron chi connectivity index (χ4n) is 2.77. The van der Waals surface area contributed by atoms with Crippen molar-refractivity contribution >= 4 is 16.9 Å². The van der Waals surface area contributed by atoms with Crippen LogP contribution in [0, 0.1) is 0 Å². The fourth-order valence-corrected chi connectivity index (χ4v) is 2.77. The fraction of sp³-hybridized carbons (Fsp3) is 0.467. The van der Waals surface area contributed by atoms with Crippen LogP contribution in [-0.4, -0.2) is 34.3 Å². The summed E-state index contributed by atoms with van der Waals surface area (Å²) in [4.78, 5) is 24.4. The number of amides is 1. The zero-order chi connectivity index (χ0) is 14.8. The van der Waals surface area contributed by atoms with Gasteiger partial charge in [-0.3, -0.25) is 13.9 Å². The topological polar surface area (TPSA) is 65.3 Å². The van der Waals surface area contributed by atoms with Gasteiger partial charge in [0.1, 0.15) is 6.54 Å². The van der Waals surface area contributed by atoms with Gasteiger partial charge in [-0.15, -0.1) is 0 Å². The summed E-state index contributed by atoms with van der Waals surface area (Å²) in [5.74, 6) is -0.125. The van der Waals surface area contributed by atoms with Crippen LogP contribution < -0.4 is 11.0 Å². The van der Waals surface area contributed by atoms with Crippen molar-refractivity contribution in [1.82, 2.24) is 14.5 Å². The van der Waals surface area contributed by atoms with E-state index in [0.29, 0.717) is 13.2 Å². The highest BCUT2D eigenvalue weighted by Crippen LogP contribution is 2.11. The Morgan fingerprint density at radius 3 is 2.67 bits per heavy atom. The molecule has 112 valence electrons. The number of carbonyl (C=O) groups is 1. The number of imidazole rings is 1. The van der Waals surface area contributed by atoms with E-state index in [1.807, 2.05) is 24.3 Å². The average molecular weight is 289 g/mol. The van der Waals surface area contributed by atoms with Gasteiger partial charge in [0.05, 0.1) is 11.0 Å². The number of ether oxygens (including phenoxy) is 1. The molecule has 1 saturated heterocycles. The quantitative estimate of drug-likeness (QED) is 0.901. The zero-order valence-electron chi connectivity index (χ0n) is 12.0. The minimum Gasteiger partial charge on any atom is -0.381 e. The van der Waals surface area contributed by atoms with Crippen LogP contribution >= 0.6 is 0 Å². The summed E-state index contributed by atoms with van der Waals surface area (Å²) in [6, 6.07) is 7.64. The van der Waals surface area contributed by atoms with Gasteiger partial charge in [0.2, 0.25) is 5.91 Å². The second kappa shape index (κ2) is 5.73. The van der Waals surface area contributed by atoms with Gasteiger partial charge in [0.25, 0.3) is 0 Å². The third-order valence-corrected chi connectivity index (χ3v) is 3.94. The molecule has 1 aromatic carbocycles. The highest BCUT2D eigenvalue weighted by Gasteiger charge is 2.18. The summed E-state index contributed by atoms with van der Waals surface area (Å²) in [5, 5.41) is 2.98. The molecule has 0 unspecified atom stereocenters. The lowest BCUT2D eigenvalue weighted by atomic mass is 10.1. The van der Waals surface area contributed by atoms with Crippen molar-refractivity contribution in [2.45, 2.75) is 25.4 Å². The van der Waals surface area contributed by atoms with E-state index in [0.717, 1.165) is 23.9 Å². The molecule has 21 heavy (non-hydrogen) atoms. The van der Waals surface area contributed by atoms with Crippen LogP contribution in [0.2, 0.25) is 0 Å². The second-order valence-electron chi connectivity index (χ2n) is 5.37. The van der Waals surface area contributed by atoms with Crippen molar-refractivity contribution in [2.24, 2.45) is 7.05 Å². The predicted octanol–water partition coefficient (Wildman–Crippen LogP) is 0.635. The largest absolute Gasteiger partial charge is 0.381 e. The van der Waals surface area contributed by atoms with E-state index < -0.39 is 0 Å². The summed E-state index contributed by atoms with van der Waals surface area (Å²) in [5.41, 5.74) is 1.45. The summed E-state index contributed by atoms with van der Waals surface area (Å²) >= 11 is 0. The van der Waals surface area contributed by atoms with E-state index >= 15 is 0 Å². The third-order valence-electron chi connectivity index (χ3n) is 3.94. The highest BCUT2D eigenvalue weighted by molar-refractivity contribution is 5.81. The number of para-hydroxylation sites is 2. The first-order valence-corrected chi connectivity index (χ1v) is 7.18. The van der Waals surface area contributed by atoms with Gasteiger partial charge in [0, 0.05) is 26.3 Å². The minimum atomic E-state index is -0.168. The number of hydrogen-bond acceptors (Lipinski definition) is 3. The molecule has 0 bridgehead atoms. The molecule has 1 aliphatic heterocycles. The Morgan fingerprint density at radius 1 is 1.29 bits per heavy atom. The highest BCUT2D eigenvalue weighted by atomic mass is 16.5. The van der Waals surface area contributed by atoms with Crippen LogP contribution in [0.4, 0.5) is 0 Å². The molecule has 1 aromatic heterocycles. The summed E-state index contributed by atoms with van der Waals surface area (Å²) in [6.07, 6.45) is 1.66. The normalized spacial score (nSPS) is 16.2. The third kappa shape index (κ3) is 2.71. The van der Waals surface area contributed by atoms with Gasteiger partial charge < -0.3 is 10.1 Å². The van der Waals surface area contributed by atoms with Crippen LogP contribution in [0.15, 0.2) is 29.1 Å². The lowest BCUT2D eigenvalue weighted by molar-refractivity contribution is -0.122. The average Bonchev–Trinajstić information content (AvgIpc) is 2.74. The van der Waals surface area contributed by atoms with E-state index in [9.17, 15) is 9.59 Å². The van der Waals surface area contributed by atoms with Crippen LogP contribution in [0.25, 0.3) is 11.0 Å². The number of nitrogens with zero attached hydrogens (tertiary/aromatic N) is 2. The van der Waals surface area contributed by atoms with Gasteiger partial charge >= 0.3 is 5.69 Å². The molecule has 1 fully saturated rings. The van der Waals surface area contributed by atoms with E-state index in [2.05, 4.69) is 5.32 Å². The summed E-state index contributed by atoms with van der Waals surface area (Å²) in [6.45, 7) is 1.41. The Hall–Kier alpha value is -2.08. The number of aromatic nitrogens is 2. The first kappa shape index (κ1) is 13.9. The molecular weight excluding hydrogens is 270 g/mol. The van der Waals surface area contributed by atoms with E-state index in [4.69, 9.17) is 4.74 Å². The standard InChI is InChI=1S/C15H19N3O3/c1-17-12-4-2-3-5-13(12)18(15(17)20)10-14(19)16-11-6-8-21-9-7-11/h2-5,11H,6-10H2,1H3,(H,16,19). The molecule has 1 N–H and O–H groups in total. The zero-order valence-corrected chi connectivity index (χ0v) is 12.0. The molecule has 6 heteroatoms. The molecule has 2 heterocycles. The number of rotatable bonds is 3. The van der Waals surface area contributed by atoms with Crippen LogP contribution in [0.5, 0.6) is 0 Å². The van der Waals surface area contributed by atoms with Crippen LogP contribution in [0.1, 0.15) is 12.8 Å². The summed E-state index contributed by atoms with van der Waals surface area (Å²) < 4.78 is 8.35. The number of hydrogen-bond donors (Lipinski definition) is 1. The van der Waals surface area contributed by atoms with Crippen molar-refractivity contribution in [3.05, 3.63) is 34.7 Å². The monoisotopic (exact) mass is 289 g/mol. The van der Waals surface area contributed by atoms with Crippen molar-refractivity contribution in [3.8, 4) is 0 Å². The lowest BCUT2D eigenvalue weighted by Crippen LogP contribution is -2.41. The maximum atomic E-state index is 12.2. The van der Waals surface area contributed by atoms with Gasteiger partial charge in [-0.1, -0.05) is 12.1 Å². The maximum absolute atomic E-state index is 12.2. The second-order valence-corrected chi connectivity index (χ2v) is 5.37. The molecule has 1 aliphatic rings. The molecule has 0 saturated carbocycles. The molecule has 2 aromatic rings. The van der Waals surface area contributed by atoms with Crippen molar-refractivity contribution in [1.29, 1.82) is 0 Å². The molecule has 1 amide bonds. The molecule has 0 atom stereocenters. The van der Waals surface area contributed by atoms with Gasteiger partial charge in [-0.05, 0) is 25.0 Å². The lowest BCUT2D eigenvalue weighted by Gasteiger charge is -2.23. The van der Waals surface area contributed by atoms with E-state index in [1.165, 1.54) is 4.57 Å². The Kier molecular flexibility index (Phi) is 3.79. The van der Waals surface area contributed by atoms with Gasteiger partial charge in [-0.25, -0.2) is 4.79 Å². The van der Waals surface area contributed by atoms with Crippen LogP contribution in [0.3, 0.4) is 0 Å². The SMILES string of the molecule is Cn1c(=O)n(CC(=O)NC2CCOCC2)c2ccccc21. The first-order chi connectivity index (χ1) is 10.2.